The number of methoxy groups -OCH3 is 1. The molecular formula is C14H20FNO. The maximum Gasteiger partial charge on any atom is 0.126 e. The second-order valence-corrected chi connectivity index (χ2v) is 4.59. The summed E-state index contributed by atoms with van der Waals surface area (Å²) < 4.78 is 18.4. The van der Waals surface area contributed by atoms with Gasteiger partial charge >= 0.3 is 0 Å². The third-order valence-corrected chi connectivity index (χ3v) is 3.67. The Labute approximate surface area is 102 Å². The van der Waals surface area contributed by atoms with E-state index in [0.29, 0.717) is 11.7 Å². The van der Waals surface area contributed by atoms with Crippen molar-refractivity contribution >= 4 is 0 Å². The molecule has 17 heavy (non-hydrogen) atoms. The summed E-state index contributed by atoms with van der Waals surface area (Å²) >= 11 is 0. The second kappa shape index (κ2) is 5.50. The molecule has 3 heteroatoms. The standard InChI is InChI=1S/C14H20FNO/c1-3-16-8-6-11(7-9-16)13-5-4-12(15)10-14(13)17-2/h4-5,10-11H,3,6-9H2,1-2H3. The van der Waals surface area contributed by atoms with Crippen molar-refractivity contribution in [3.63, 3.8) is 0 Å². The van der Waals surface area contributed by atoms with Gasteiger partial charge in [0.1, 0.15) is 11.6 Å². The number of nitrogens with zero attached hydrogens (tertiary/aromatic N) is 1. The molecule has 1 aliphatic heterocycles. The van der Waals surface area contributed by atoms with Crippen molar-refractivity contribution < 1.29 is 9.13 Å². The molecule has 94 valence electrons. The Hall–Kier alpha value is -1.09. The lowest BCUT2D eigenvalue weighted by molar-refractivity contribution is 0.220. The summed E-state index contributed by atoms with van der Waals surface area (Å²) in [6.45, 7) is 5.56. The van der Waals surface area contributed by atoms with E-state index < -0.39 is 0 Å². The maximum absolute atomic E-state index is 13.1. The summed E-state index contributed by atoms with van der Waals surface area (Å²) in [5.41, 5.74) is 1.16. The van der Waals surface area contributed by atoms with Gasteiger partial charge in [0, 0.05) is 6.07 Å². The molecule has 1 aromatic rings. The molecule has 0 radical (unpaired) electrons. The molecule has 0 aromatic heterocycles. The topological polar surface area (TPSA) is 12.5 Å². The molecule has 2 rings (SSSR count). The molecular weight excluding hydrogens is 217 g/mol. The van der Waals surface area contributed by atoms with E-state index in [1.165, 1.54) is 12.1 Å². The largest absolute Gasteiger partial charge is 0.496 e. The van der Waals surface area contributed by atoms with E-state index in [0.717, 1.165) is 38.0 Å². The van der Waals surface area contributed by atoms with E-state index in [9.17, 15) is 4.39 Å². The average molecular weight is 237 g/mol. The maximum atomic E-state index is 13.1. The van der Waals surface area contributed by atoms with Crippen molar-refractivity contribution in [2.75, 3.05) is 26.7 Å². The number of benzene rings is 1. The van der Waals surface area contributed by atoms with Crippen molar-refractivity contribution in [2.45, 2.75) is 25.7 Å². The third-order valence-electron chi connectivity index (χ3n) is 3.67. The van der Waals surface area contributed by atoms with Crippen LogP contribution >= 0.6 is 0 Å². The van der Waals surface area contributed by atoms with Gasteiger partial charge in [0.05, 0.1) is 7.11 Å². The van der Waals surface area contributed by atoms with E-state index in [-0.39, 0.29) is 5.82 Å². The van der Waals surface area contributed by atoms with Crippen molar-refractivity contribution in [3.8, 4) is 5.75 Å². The Kier molecular flexibility index (Phi) is 4.00. The van der Waals surface area contributed by atoms with Gasteiger partial charge in [-0.15, -0.1) is 0 Å². The van der Waals surface area contributed by atoms with Crippen LogP contribution in [0.15, 0.2) is 18.2 Å². The molecule has 0 spiro atoms. The van der Waals surface area contributed by atoms with E-state index in [1.807, 2.05) is 6.07 Å². The number of hydrogen-bond acceptors (Lipinski definition) is 2. The van der Waals surface area contributed by atoms with Crippen LogP contribution in [0.25, 0.3) is 0 Å². The van der Waals surface area contributed by atoms with Crippen LogP contribution < -0.4 is 4.74 Å². The van der Waals surface area contributed by atoms with Gasteiger partial charge in [0.25, 0.3) is 0 Å². The van der Waals surface area contributed by atoms with Gasteiger partial charge in [-0.05, 0) is 50.0 Å². The average Bonchev–Trinajstić information content (AvgIpc) is 2.39. The summed E-state index contributed by atoms with van der Waals surface area (Å²) in [4.78, 5) is 2.45. The number of hydrogen-bond donors (Lipinski definition) is 0. The monoisotopic (exact) mass is 237 g/mol. The molecule has 1 aliphatic rings. The molecule has 1 heterocycles. The zero-order chi connectivity index (χ0) is 12.3. The van der Waals surface area contributed by atoms with Gasteiger partial charge in [0.15, 0.2) is 0 Å². The molecule has 0 unspecified atom stereocenters. The fraction of sp³-hybridized carbons (Fsp3) is 0.571. The predicted molar refractivity (Wildman–Crippen MR) is 67.0 cm³/mol. The minimum atomic E-state index is -0.225. The Balaban J connectivity index is 2.12. The third kappa shape index (κ3) is 2.78. The van der Waals surface area contributed by atoms with Gasteiger partial charge in [-0.25, -0.2) is 4.39 Å². The van der Waals surface area contributed by atoms with Crippen molar-refractivity contribution in [1.29, 1.82) is 0 Å². The lowest BCUT2D eigenvalue weighted by atomic mass is 9.89. The van der Waals surface area contributed by atoms with Crippen molar-refractivity contribution in [3.05, 3.63) is 29.6 Å². The van der Waals surface area contributed by atoms with Crippen LogP contribution in [-0.4, -0.2) is 31.6 Å². The highest BCUT2D eigenvalue weighted by molar-refractivity contribution is 5.37. The van der Waals surface area contributed by atoms with Crippen LogP contribution in [0.5, 0.6) is 5.75 Å². The van der Waals surface area contributed by atoms with Crippen LogP contribution in [0.3, 0.4) is 0 Å². The summed E-state index contributed by atoms with van der Waals surface area (Å²) in [5.74, 6) is 0.977. The Morgan fingerprint density at radius 3 is 2.65 bits per heavy atom. The predicted octanol–water partition coefficient (Wildman–Crippen LogP) is 3.03. The molecule has 0 bridgehead atoms. The summed E-state index contributed by atoms with van der Waals surface area (Å²) in [6, 6.07) is 4.89. The van der Waals surface area contributed by atoms with Gasteiger partial charge in [0.2, 0.25) is 0 Å². The zero-order valence-corrected chi connectivity index (χ0v) is 10.6. The van der Waals surface area contributed by atoms with E-state index in [2.05, 4.69) is 11.8 Å². The molecule has 0 saturated carbocycles. The summed E-state index contributed by atoms with van der Waals surface area (Å²) in [5, 5.41) is 0. The number of piperidine rings is 1. The minimum absolute atomic E-state index is 0.225. The van der Waals surface area contributed by atoms with Crippen LogP contribution in [-0.2, 0) is 0 Å². The molecule has 1 saturated heterocycles. The van der Waals surface area contributed by atoms with Crippen LogP contribution in [0.2, 0.25) is 0 Å². The second-order valence-electron chi connectivity index (χ2n) is 4.59. The van der Waals surface area contributed by atoms with Gasteiger partial charge in [-0.1, -0.05) is 13.0 Å². The first-order valence-corrected chi connectivity index (χ1v) is 6.30. The molecule has 0 N–H and O–H groups in total. The SMILES string of the molecule is CCN1CCC(c2ccc(F)cc2OC)CC1. The number of halogens is 1. The highest BCUT2D eigenvalue weighted by Gasteiger charge is 2.22. The first kappa shape index (κ1) is 12.4. The number of ether oxygens (including phenoxy) is 1. The molecule has 0 aliphatic carbocycles. The van der Waals surface area contributed by atoms with E-state index >= 15 is 0 Å². The molecule has 0 amide bonds. The normalized spacial score (nSPS) is 18.3. The molecule has 2 nitrogen and oxygen atoms in total. The Morgan fingerprint density at radius 2 is 2.06 bits per heavy atom. The van der Waals surface area contributed by atoms with Gasteiger partial charge in [-0.3, -0.25) is 0 Å². The van der Waals surface area contributed by atoms with Gasteiger partial charge in [-0.2, -0.15) is 0 Å². The summed E-state index contributed by atoms with van der Waals surface area (Å²) in [6.07, 6.45) is 2.27. The number of rotatable bonds is 3. The quantitative estimate of drug-likeness (QED) is 0.801. The number of likely N-dealkylation sites (tertiary alicyclic amines) is 1. The lowest BCUT2D eigenvalue weighted by Gasteiger charge is -2.31. The fourth-order valence-corrected chi connectivity index (χ4v) is 2.58. The Morgan fingerprint density at radius 1 is 1.35 bits per heavy atom. The summed E-state index contributed by atoms with van der Waals surface area (Å²) in [7, 11) is 1.61. The van der Waals surface area contributed by atoms with E-state index in [4.69, 9.17) is 4.74 Å². The smallest absolute Gasteiger partial charge is 0.126 e. The Bertz CT molecular complexity index is 372. The molecule has 1 aromatic carbocycles. The fourth-order valence-electron chi connectivity index (χ4n) is 2.58. The first-order valence-electron chi connectivity index (χ1n) is 6.30. The van der Waals surface area contributed by atoms with Crippen LogP contribution in [0, 0.1) is 5.82 Å². The van der Waals surface area contributed by atoms with Crippen LogP contribution in [0.1, 0.15) is 31.2 Å². The zero-order valence-electron chi connectivity index (χ0n) is 10.6. The molecule has 1 fully saturated rings. The van der Waals surface area contributed by atoms with E-state index in [1.54, 1.807) is 7.11 Å². The lowest BCUT2D eigenvalue weighted by Crippen LogP contribution is -2.32. The van der Waals surface area contributed by atoms with Crippen molar-refractivity contribution in [1.82, 2.24) is 4.90 Å². The molecule has 0 atom stereocenters. The minimum Gasteiger partial charge on any atom is -0.496 e. The highest BCUT2D eigenvalue weighted by Crippen LogP contribution is 2.34. The van der Waals surface area contributed by atoms with Crippen LogP contribution in [0.4, 0.5) is 4.39 Å². The first-order chi connectivity index (χ1) is 8.24. The van der Waals surface area contributed by atoms with Crippen molar-refractivity contribution in [2.24, 2.45) is 0 Å². The highest BCUT2D eigenvalue weighted by atomic mass is 19.1. The van der Waals surface area contributed by atoms with Gasteiger partial charge < -0.3 is 9.64 Å².